The molecular formula is C12H16F2O2. The van der Waals surface area contributed by atoms with Crippen LogP contribution in [-0.4, -0.2) is 18.8 Å². The molecular weight excluding hydrogens is 214 g/mol. The Morgan fingerprint density at radius 2 is 2.00 bits per heavy atom. The van der Waals surface area contributed by atoms with Crippen LogP contribution in [0.4, 0.5) is 8.78 Å². The number of hydrogen-bond acceptors (Lipinski definition) is 2. The van der Waals surface area contributed by atoms with Crippen LogP contribution in [0.1, 0.15) is 25.0 Å². The van der Waals surface area contributed by atoms with Crippen LogP contribution in [0.15, 0.2) is 18.2 Å². The molecule has 0 aromatic heterocycles. The monoisotopic (exact) mass is 230 g/mol. The number of hydrogen-bond donors (Lipinski definition) is 1. The zero-order chi connectivity index (χ0) is 12.1. The predicted octanol–water partition coefficient (Wildman–Crippen LogP) is 2.67. The van der Waals surface area contributed by atoms with Crippen molar-refractivity contribution in [1.29, 1.82) is 0 Å². The van der Waals surface area contributed by atoms with Crippen LogP contribution < -0.4 is 0 Å². The van der Waals surface area contributed by atoms with Crippen LogP contribution in [-0.2, 0) is 4.74 Å². The molecule has 0 fully saturated rings. The van der Waals surface area contributed by atoms with Gasteiger partial charge in [-0.3, -0.25) is 0 Å². The first-order valence-electron chi connectivity index (χ1n) is 5.16. The molecule has 2 nitrogen and oxygen atoms in total. The van der Waals surface area contributed by atoms with Crippen molar-refractivity contribution in [3.05, 3.63) is 35.4 Å². The highest BCUT2D eigenvalue weighted by molar-refractivity contribution is 5.20. The minimum absolute atomic E-state index is 0.160. The lowest BCUT2D eigenvalue weighted by Crippen LogP contribution is -2.09. The van der Waals surface area contributed by atoms with Gasteiger partial charge < -0.3 is 9.84 Å². The standard InChI is InChI=1S/C12H16F2O2/c1-8(7-16-2)5-12(15)9-3-4-10(13)11(14)6-9/h3-4,6,8,12,15H,5,7H2,1-2H3. The van der Waals surface area contributed by atoms with E-state index in [4.69, 9.17) is 4.74 Å². The summed E-state index contributed by atoms with van der Waals surface area (Å²) >= 11 is 0. The fourth-order valence-corrected chi connectivity index (χ4v) is 1.59. The summed E-state index contributed by atoms with van der Waals surface area (Å²) in [4.78, 5) is 0. The Bertz CT molecular complexity index is 342. The lowest BCUT2D eigenvalue weighted by Gasteiger charge is -2.16. The third-order valence-electron chi connectivity index (χ3n) is 2.41. The number of benzene rings is 1. The van der Waals surface area contributed by atoms with E-state index < -0.39 is 17.7 Å². The Morgan fingerprint density at radius 3 is 2.56 bits per heavy atom. The van der Waals surface area contributed by atoms with Crippen molar-refractivity contribution in [3.8, 4) is 0 Å². The molecule has 1 rings (SSSR count). The summed E-state index contributed by atoms with van der Waals surface area (Å²) in [5.41, 5.74) is 0.391. The molecule has 0 bridgehead atoms. The molecule has 0 radical (unpaired) electrons. The van der Waals surface area contributed by atoms with Crippen molar-refractivity contribution >= 4 is 0 Å². The third-order valence-corrected chi connectivity index (χ3v) is 2.41. The molecule has 1 N–H and O–H groups in total. The second-order valence-electron chi connectivity index (χ2n) is 3.99. The molecule has 16 heavy (non-hydrogen) atoms. The highest BCUT2D eigenvalue weighted by atomic mass is 19.2. The van der Waals surface area contributed by atoms with Gasteiger partial charge in [-0.2, -0.15) is 0 Å². The van der Waals surface area contributed by atoms with Gasteiger partial charge in [-0.05, 0) is 30.0 Å². The average Bonchev–Trinajstić information content (AvgIpc) is 2.22. The zero-order valence-corrected chi connectivity index (χ0v) is 9.41. The van der Waals surface area contributed by atoms with Gasteiger partial charge in [-0.15, -0.1) is 0 Å². The van der Waals surface area contributed by atoms with Crippen LogP contribution in [0, 0.1) is 17.6 Å². The normalized spacial score (nSPS) is 14.8. The van der Waals surface area contributed by atoms with Gasteiger partial charge in [0.15, 0.2) is 11.6 Å². The topological polar surface area (TPSA) is 29.5 Å². The van der Waals surface area contributed by atoms with Crippen molar-refractivity contribution in [2.24, 2.45) is 5.92 Å². The smallest absolute Gasteiger partial charge is 0.159 e. The van der Waals surface area contributed by atoms with E-state index in [1.54, 1.807) is 7.11 Å². The molecule has 4 heteroatoms. The van der Waals surface area contributed by atoms with E-state index in [0.717, 1.165) is 12.1 Å². The van der Waals surface area contributed by atoms with E-state index in [1.807, 2.05) is 6.92 Å². The fraction of sp³-hybridized carbons (Fsp3) is 0.500. The summed E-state index contributed by atoms with van der Waals surface area (Å²) in [5.74, 6) is -1.68. The second kappa shape index (κ2) is 5.92. The van der Waals surface area contributed by atoms with Gasteiger partial charge in [0.1, 0.15) is 0 Å². The molecule has 0 aliphatic carbocycles. The largest absolute Gasteiger partial charge is 0.388 e. The lowest BCUT2D eigenvalue weighted by molar-refractivity contribution is 0.101. The highest BCUT2D eigenvalue weighted by Gasteiger charge is 2.14. The summed E-state index contributed by atoms with van der Waals surface area (Å²) in [6.45, 7) is 2.45. The Labute approximate surface area is 93.9 Å². The number of aliphatic hydroxyl groups is 1. The molecule has 0 aliphatic rings. The number of rotatable bonds is 5. The number of halogens is 2. The highest BCUT2D eigenvalue weighted by Crippen LogP contribution is 2.22. The molecule has 1 aromatic carbocycles. The van der Waals surface area contributed by atoms with E-state index >= 15 is 0 Å². The fourth-order valence-electron chi connectivity index (χ4n) is 1.59. The first-order chi connectivity index (χ1) is 7.54. The first-order valence-corrected chi connectivity index (χ1v) is 5.16. The van der Waals surface area contributed by atoms with Gasteiger partial charge in [0.25, 0.3) is 0 Å². The van der Waals surface area contributed by atoms with Gasteiger partial charge >= 0.3 is 0 Å². The summed E-state index contributed by atoms with van der Waals surface area (Å²) in [7, 11) is 1.58. The molecule has 0 spiro atoms. The summed E-state index contributed by atoms with van der Waals surface area (Å²) in [6.07, 6.45) is -0.334. The molecule has 0 amide bonds. The van der Waals surface area contributed by atoms with E-state index in [-0.39, 0.29) is 5.92 Å². The minimum Gasteiger partial charge on any atom is -0.388 e. The lowest BCUT2D eigenvalue weighted by atomic mass is 9.99. The van der Waals surface area contributed by atoms with Gasteiger partial charge in [0.2, 0.25) is 0 Å². The number of aliphatic hydroxyl groups excluding tert-OH is 1. The van der Waals surface area contributed by atoms with Crippen molar-refractivity contribution in [1.82, 2.24) is 0 Å². The van der Waals surface area contributed by atoms with Gasteiger partial charge in [-0.1, -0.05) is 13.0 Å². The van der Waals surface area contributed by atoms with E-state index in [2.05, 4.69) is 0 Å². The Hall–Kier alpha value is -1.00. The summed E-state index contributed by atoms with van der Waals surface area (Å²) in [6, 6.07) is 3.44. The van der Waals surface area contributed by atoms with Crippen LogP contribution in [0.2, 0.25) is 0 Å². The Morgan fingerprint density at radius 1 is 1.31 bits per heavy atom. The SMILES string of the molecule is COCC(C)CC(O)c1ccc(F)c(F)c1. The van der Waals surface area contributed by atoms with E-state index in [0.29, 0.717) is 18.6 Å². The Balaban J connectivity index is 2.65. The van der Waals surface area contributed by atoms with Crippen molar-refractivity contribution in [2.45, 2.75) is 19.4 Å². The molecule has 2 atom stereocenters. The minimum atomic E-state index is -0.934. The first kappa shape index (κ1) is 13.1. The summed E-state index contributed by atoms with van der Waals surface area (Å²) < 4.78 is 30.5. The molecule has 90 valence electrons. The maximum atomic E-state index is 12.9. The maximum Gasteiger partial charge on any atom is 0.159 e. The van der Waals surface area contributed by atoms with Gasteiger partial charge in [0, 0.05) is 13.7 Å². The second-order valence-corrected chi connectivity index (χ2v) is 3.99. The quantitative estimate of drug-likeness (QED) is 0.842. The molecule has 0 saturated heterocycles. The molecule has 1 aromatic rings. The number of ether oxygens (including phenoxy) is 1. The van der Waals surface area contributed by atoms with Crippen molar-refractivity contribution < 1.29 is 18.6 Å². The van der Waals surface area contributed by atoms with Gasteiger partial charge in [-0.25, -0.2) is 8.78 Å². The molecule has 2 unspecified atom stereocenters. The Kier molecular flexibility index (Phi) is 4.83. The average molecular weight is 230 g/mol. The third kappa shape index (κ3) is 3.54. The molecule has 0 heterocycles. The zero-order valence-electron chi connectivity index (χ0n) is 9.41. The summed E-state index contributed by atoms with van der Waals surface area (Å²) in [5, 5.41) is 9.79. The van der Waals surface area contributed by atoms with Crippen molar-refractivity contribution in [2.75, 3.05) is 13.7 Å². The van der Waals surface area contributed by atoms with Gasteiger partial charge in [0.05, 0.1) is 6.10 Å². The molecule has 0 aliphatic heterocycles. The van der Waals surface area contributed by atoms with Crippen LogP contribution in [0.5, 0.6) is 0 Å². The maximum absolute atomic E-state index is 12.9. The van der Waals surface area contributed by atoms with Crippen LogP contribution in [0.3, 0.4) is 0 Å². The molecule has 0 saturated carbocycles. The van der Waals surface area contributed by atoms with Crippen molar-refractivity contribution in [3.63, 3.8) is 0 Å². The van der Waals surface area contributed by atoms with Crippen LogP contribution >= 0.6 is 0 Å². The van der Waals surface area contributed by atoms with E-state index in [1.165, 1.54) is 6.07 Å². The van der Waals surface area contributed by atoms with Crippen LogP contribution in [0.25, 0.3) is 0 Å². The number of methoxy groups -OCH3 is 1. The predicted molar refractivity (Wildman–Crippen MR) is 57.0 cm³/mol. The van der Waals surface area contributed by atoms with E-state index in [9.17, 15) is 13.9 Å².